The van der Waals surface area contributed by atoms with Gasteiger partial charge >= 0.3 is 0 Å². The van der Waals surface area contributed by atoms with E-state index >= 15 is 0 Å². The quantitative estimate of drug-likeness (QED) is 0.794. The molecule has 17 heavy (non-hydrogen) atoms. The van der Waals surface area contributed by atoms with E-state index in [1.807, 2.05) is 0 Å². The van der Waals surface area contributed by atoms with Gasteiger partial charge in [0.05, 0.1) is 6.10 Å². The molecule has 1 N–H and O–H groups in total. The standard InChI is InChI=1S/C14H28N2O/c1-3-12-11-16(9-7-14(12)15-2)8-6-13-5-4-10-17-13/h12-15H,3-11H2,1-2H3. The summed E-state index contributed by atoms with van der Waals surface area (Å²) in [6.45, 7) is 7.07. The second-order valence-corrected chi connectivity index (χ2v) is 5.58. The van der Waals surface area contributed by atoms with Gasteiger partial charge in [0.1, 0.15) is 0 Å². The van der Waals surface area contributed by atoms with Crippen molar-refractivity contribution < 1.29 is 4.74 Å². The van der Waals surface area contributed by atoms with Crippen molar-refractivity contribution in [1.82, 2.24) is 10.2 Å². The fourth-order valence-electron chi connectivity index (χ4n) is 3.30. The molecule has 0 spiro atoms. The van der Waals surface area contributed by atoms with Crippen molar-refractivity contribution in [3.8, 4) is 0 Å². The molecule has 0 bridgehead atoms. The van der Waals surface area contributed by atoms with Crippen LogP contribution in [0.4, 0.5) is 0 Å². The molecule has 0 radical (unpaired) electrons. The molecular weight excluding hydrogens is 212 g/mol. The molecule has 2 heterocycles. The van der Waals surface area contributed by atoms with Crippen molar-refractivity contribution >= 4 is 0 Å². The van der Waals surface area contributed by atoms with Crippen molar-refractivity contribution in [2.24, 2.45) is 5.92 Å². The maximum absolute atomic E-state index is 5.70. The van der Waals surface area contributed by atoms with E-state index in [1.165, 1.54) is 51.7 Å². The predicted molar refractivity (Wildman–Crippen MR) is 71.3 cm³/mol. The Labute approximate surface area is 106 Å². The Bertz CT molecular complexity index is 216. The molecule has 0 saturated carbocycles. The second kappa shape index (κ2) is 6.72. The molecular formula is C14H28N2O. The van der Waals surface area contributed by atoms with Gasteiger partial charge in [-0.2, -0.15) is 0 Å². The van der Waals surface area contributed by atoms with Gasteiger partial charge in [-0.1, -0.05) is 13.3 Å². The predicted octanol–water partition coefficient (Wildman–Crippen LogP) is 1.88. The number of likely N-dealkylation sites (tertiary alicyclic amines) is 1. The molecule has 2 fully saturated rings. The summed E-state index contributed by atoms with van der Waals surface area (Å²) in [5, 5.41) is 3.47. The lowest BCUT2D eigenvalue weighted by atomic mass is 9.90. The van der Waals surface area contributed by atoms with E-state index in [9.17, 15) is 0 Å². The fraction of sp³-hybridized carbons (Fsp3) is 1.00. The Hall–Kier alpha value is -0.120. The highest BCUT2D eigenvalue weighted by molar-refractivity contribution is 4.84. The van der Waals surface area contributed by atoms with Crippen LogP contribution in [0.3, 0.4) is 0 Å². The molecule has 3 atom stereocenters. The number of hydrogen-bond acceptors (Lipinski definition) is 3. The van der Waals surface area contributed by atoms with Gasteiger partial charge in [-0.15, -0.1) is 0 Å². The maximum atomic E-state index is 5.70. The zero-order valence-corrected chi connectivity index (χ0v) is 11.5. The molecule has 0 aromatic heterocycles. The van der Waals surface area contributed by atoms with Gasteiger partial charge < -0.3 is 15.0 Å². The smallest absolute Gasteiger partial charge is 0.0588 e. The molecule has 0 aliphatic carbocycles. The SMILES string of the molecule is CCC1CN(CCC2CCCO2)CCC1NC. The normalized spacial score (nSPS) is 35.3. The van der Waals surface area contributed by atoms with Crippen LogP contribution in [0.15, 0.2) is 0 Å². The van der Waals surface area contributed by atoms with Gasteiger partial charge in [0.15, 0.2) is 0 Å². The fourth-order valence-corrected chi connectivity index (χ4v) is 3.30. The first-order chi connectivity index (χ1) is 8.33. The summed E-state index contributed by atoms with van der Waals surface area (Å²) < 4.78 is 5.70. The van der Waals surface area contributed by atoms with E-state index in [-0.39, 0.29) is 0 Å². The Morgan fingerprint density at radius 1 is 1.35 bits per heavy atom. The summed E-state index contributed by atoms with van der Waals surface area (Å²) in [7, 11) is 2.11. The van der Waals surface area contributed by atoms with Crippen molar-refractivity contribution in [3.05, 3.63) is 0 Å². The van der Waals surface area contributed by atoms with Gasteiger partial charge in [-0.25, -0.2) is 0 Å². The average molecular weight is 240 g/mol. The van der Waals surface area contributed by atoms with Gasteiger partial charge in [0, 0.05) is 25.7 Å². The highest BCUT2D eigenvalue weighted by Gasteiger charge is 2.27. The Kier molecular flexibility index (Phi) is 5.26. The summed E-state index contributed by atoms with van der Waals surface area (Å²) >= 11 is 0. The highest BCUT2D eigenvalue weighted by Crippen LogP contribution is 2.22. The van der Waals surface area contributed by atoms with Crippen molar-refractivity contribution in [2.45, 2.75) is 51.2 Å². The molecule has 0 aromatic carbocycles. The largest absolute Gasteiger partial charge is 0.378 e. The molecule has 0 aromatic rings. The summed E-state index contributed by atoms with van der Waals surface area (Å²) in [4.78, 5) is 2.64. The third-order valence-electron chi connectivity index (χ3n) is 4.50. The minimum Gasteiger partial charge on any atom is -0.378 e. The van der Waals surface area contributed by atoms with Crippen LogP contribution in [0.2, 0.25) is 0 Å². The molecule has 3 unspecified atom stereocenters. The van der Waals surface area contributed by atoms with E-state index in [0.29, 0.717) is 6.10 Å². The monoisotopic (exact) mass is 240 g/mol. The molecule has 2 aliphatic heterocycles. The van der Waals surface area contributed by atoms with Crippen molar-refractivity contribution in [1.29, 1.82) is 0 Å². The van der Waals surface area contributed by atoms with Crippen LogP contribution in [-0.2, 0) is 4.74 Å². The highest BCUT2D eigenvalue weighted by atomic mass is 16.5. The third kappa shape index (κ3) is 3.67. The first-order valence-electron chi connectivity index (χ1n) is 7.34. The summed E-state index contributed by atoms with van der Waals surface area (Å²) in [6, 6.07) is 0.735. The Morgan fingerprint density at radius 2 is 2.24 bits per heavy atom. The number of piperidine rings is 1. The number of rotatable bonds is 5. The summed E-state index contributed by atoms with van der Waals surface area (Å²) in [6.07, 6.45) is 6.94. The van der Waals surface area contributed by atoms with E-state index < -0.39 is 0 Å². The van der Waals surface area contributed by atoms with E-state index in [2.05, 4.69) is 24.2 Å². The molecule has 0 amide bonds. The van der Waals surface area contributed by atoms with Crippen LogP contribution in [0.1, 0.15) is 39.0 Å². The third-order valence-corrected chi connectivity index (χ3v) is 4.50. The maximum Gasteiger partial charge on any atom is 0.0588 e. The average Bonchev–Trinajstić information content (AvgIpc) is 2.89. The van der Waals surface area contributed by atoms with Crippen LogP contribution in [0.25, 0.3) is 0 Å². The van der Waals surface area contributed by atoms with E-state index in [1.54, 1.807) is 0 Å². The molecule has 2 aliphatic rings. The van der Waals surface area contributed by atoms with Crippen molar-refractivity contribution in [2.75, 3.05) is 33.3 Å². The Balaban J connectivity index is 1.71. The van der Waals surface area contributed by atoms with Crippen LogP contribution >= 0.6 is 0 Å². The van der Waals surface area contributed by atoms with Crippen LogP contribution < -0.4 is 5.32 Å². The topological polar surface area (TPSA) is 24.5 Å². The number of nitrogens with zero attached hydrogens (tertiary/aromatic N) is 1. The van der Waals surface area contributed by atoms with Crippen molar-refractivity contribution in [3.63, 3.8) is 0 Å². The molecule has 2 saturated heterocycles. The zero-order chi connectivity index (χ0) is 12.1. The lowest BCUT2D eigenvalue weighted by Crippen LogP contribution is -2.48. The summed E-state index contributed by atoms with van der Waals surface area (Å²) in [5.74, 6) is 0.832. The first-order valence-corrected chi connectivity index (χ1v) is 7.34. The molecule has 3 heteroatoms. The minimum atomic E-state index is 0.553. The van der Waals surface area contributed by atoms with Gasteiger partial charge in [-0.3, -0.25) is 0 Å². The number of ether oxygens (including phenoxy) is 1. The number of nitrogens with one attached hydrogen (secondary N) is 1. The Morgan fingerprint density at radius 3 is 2.88 bits per heavy atom. The molecule has 2 rings (SSSR count). The van der Waals surface area contributed by atoms with Gasteiger partial charge in [0.2, 0.25) is 0 Å². The van der Waals surface area contributed by atoms with Gasteiger partial charge in [0.25, 0.3) is 0 Å². The lowest BCUT2D eigenvalue weighted by Gasteiger charge is -2.38. The zero-order valence-electron chi connectivity index (χ0n) is 11.5. The van der Waals surface area contributed by atoms with E-state index in [4.69, 9.17) is 4.74 Å². The second-order valence-electron chi connectivity index (χ2n) is 5.58. The van der Waals surface area contributed by atoms with Crippen LogP contribution in [0.5, 0.6) is 0 Å². The van der Waals surface area contributed by atoms with E-state index in [0.717, 1.165) is 18.6 Å². The molecule has 3 nitrogen and oxygen atoms in total. The van der Waals surface area contributed by atoms with Gasteiger partial charge in [-0.05, 0) is 45.2 Å². The summed E-state index contributed by atoms with van der Waals surface area (Å²) in [5.41, 5.74) is 0. The van der Waals surface area contributed by atoms with Crippen LogP contribution in [0, 0.1) is 5.92 Å². The number of hydrogen-bond donors (Lipinski definition) is 1. The first kappa shape index (κ1) is 13.3. The molecule has 100 valence electrons. The van der Waals surface area contributed by atoms with Crippen LogP contribution in [-0.4, -0.2) is 50.3 Å². The lowest BCUT2D eigenvalue weighted by molar-refractivity contribution is 0.0772. The minimum absolute atomic E-state index is 0.553.